The summed E-state index contributed by atoms with van der Waals surface area (Å²) in [6.07, 6.45) is 3.73. The third kappa shape index (κ3) is 4.23. The van der Waals surface area contributed by atoms with Crippen LogP contribution in [0.3, 0.4) is 0 Å². The van der Waals surface area contributed by atoms with Gasteiger partial charge in [-0.25, -0.2) is 8.78 Å². The number of hydrogen-bond acceptors (Lipinski definition) is 2. The molecule has 0 atom stereocenters. The van der Waals surface area contributed by atoms with Gasteiger partial charge in [-0.2, -0.15) is 0 Å². The topological polar surface area (TPSA) is 43.1 Å². The van der Waals surface area contributed by atoms with Gasteiger partial charge in [-0.15, -0.1) is 0 Å². The number of nitrogens with two attached hydrogens (primary N) is 1. The molecule has 1 aromatic carbocycles. The Bertz CT molecular complexity index is 380. The Hall–Kier alpha value is -1.29. The highest BCUT2D eigenvalue weighted by atomic mass is 19.2. The summed E-state index contributed by atoms with van der Waals surface area (Å²) in [5.41, 5.74) is 5.19. The van der Waals surface area contributed by atoms with Crippen LogP contribution in [0.15, 0.2) is 18.2 Å². The lowest BCUT2D eigenvalue weighted by molar-refractivity contribution is 0.0974. The third-order valence-electron chi connectivity index (χ3n) is 2.61. The summed E-state index contributed by atoms with van der Waals surface area (Å²) in [5, 5.41) is 0. The van der Waals surface area contributed by atoms with Gasteiger partial charge in [0, 0.05) is 6.42 Å². The van der Waals surface area contributed by atoms with E-state index in [1.54, 1.807) is 0 Å². The molecule has 2 N–H and O–H groups in total. The number of halogens is 2. The molecule has 0 fully saturated rings. The summed E-state index contributed by atoms with van der Waals surface area (Å²) >= 11 is 0. The molecule has 0 amide bonds. The molecule has 0 saturated carbocycles. The van der Waals surface area contributed by atoms with E-state index in [2.05, 4.69) is 0 Å². The van der Waals surface area contributed by atoms with Crippen molar-refractivity contribution in [2.24, 2.45) is 5.73 Å². The average molecular weight is 241 g/mol. The molecule has 1 aromatic rings. The number of carbonyl (C=O) groups is 1. The van der Waals surface area contributed by atoms with E-state index in [1.807, 2.05) is 0 Å². The number of Topliss-reactive ketones (excluding diaryl/α,β-unsaturated/α-hetero) is 1. The predicted molar refractivity (Wildman–Crippen MR) is 62.8 cm³/mol. The molecule has 0 spiro atoms. The molecular weight excluding hydrogens is 224 g/mol. The first kappa shape index (κ1) is 13.8. The van der Waals surface area contributed by atoms with E-state index in [0.29, 0.717) is 13.0 Å². The number of rotatable bonds is 7. The van der Waals surface area contributed by atoms with Gasteiger partial charge in [-0.3, -0.25) is 4.79 Å². The fourth-order valence-corrected chi connectivity index (χ4v) is 1.64. The second-order valence-corrected chi connectivity index (χ2v) is 3.98. The fraction of sp³-hybridized carbons (Fsp3) is 0.462. The molecule has 0 aromatic heterocycles. The molecule has 0 saturated heterocycles. The highest BCUT2D eigenvalue weighted by Crippen LogP contribution is 2.15. The van der Waals surface area contributed by atoms with E-state index in [-0.39, 0.29) is 17.8 Å². The van der Waals surface area contributed by atoms with Crippen molar-refractivity contribution < 1.29 is 13.6 Å². The van der Waals surface area contributed by atoms with Crippen molar-refractivity contribution in [2.75, 3.05) is 6.54 Å². The Balaban J connectivity index is 2.44. The first-order chi connectivity index (χ1) is 8.16. The summed E-state index contributed by atoms with van der Waals surface area (Å²) in [7, 11) is 0. The number of benzene rings is 1. The molecule has 0 unspecified atom stereocenters. The van der Waals surface area contributed by atoms with Crippen LogP contribution in [-0.4, -0.2) is 12.3 Å². The number of unbranched alkanes of at least 4 members (excludes halogenated alkanes) is 3. The van der Waals surface area contributed by atoms with Gasteiger partial charge in [0.05, 0.1) is 5.56 Å². The zero-order valence-electron chi connectivity index (χ0n) is 9.72. The van der Waals surface area contributed by atoms with Gasteiger partial charge >= 0.3 is 0 Å². The maximum absolute atomic E-state index is 13.3. The summed E-state index contributed by atoms with van der Waals surface area (Å²) in [4.78, 5) is 11.6. The summed E-state index contributed by atoms with van der Waals surface area (Å²) in [6, 6.07) is 3.67. The van der Waals surface area contributed by atoms with Gasteiger partial charge < -0.3 is 5.73 Å². The monoisotopic (exact) mass is 241 g/mol. The lowest BCUT2D eigenvalue weighted by atomic mass is 10.0. The van der Waals surface area contributed by atoms with E-state index in [4.69, 9.17) is 5.73 Å². The van der Waals surface area contributed by atoms with Crippen molar-refractivity contribution in [1.82, 2.24) is 0 Å². The van der Waals surface area contributed by atoms with Crippen LogP contribution in [0.2, 0.25) is 0 Å². The second kappa shape index (κ2) is 7.12. The van der Waals surface area contributed by atoms with E-state index < -0.39 is 11.6 Å². The maximum atomic E-state index is 13.3. The molecule has 0 aliphatic rings. The van der Waals surface area contributed by atoms with Crippen molar-refractivity contribution in [2.45, 2.75) is 32.1 Å². The van der Waals surface area contributed by atoms with Crippen molar-refractivity contribution in [1.29, 1.82) is 0 Å². The molecule has 17 heavy (non-hydrogen) atoms. The van der Waals surface area contributed by atoms with E-state index in [9.17, 15) is 13.6 Å². The minimum atomic E-state index is -1.04. The van der Waals surface area contributed by atoms with Crippen LogP contribution in [0.5, 0.6) is 0 Å². The van der Waals surface area contributed by atoms with Crippen LogP contribution in [0.4, 0.5) is 8.78 Å². The Morgan fingerprint density at radius 1 is 1.12 bits per heavy atom. The van der Waals surface area contributed by atoms with Crippen LogP contribution in [-0.2, 0) is 0 Å². The Morgan fingerprint density at radius 3 is 2.53 bits per heavy atom. The van der Waals surface area contributed by atoms with Gasteiger partial charge in [0.15, 0.2) is 17.4 Å². The van der Waals surface area contributed by atoms with Crippen LogP contribution in [0, 0.1) is 11.6 Å². The van der Waals surface area contributed by atoms with Crippen molar-refractivity contribution in [3.05, 3.63) is 35.4 Å². The van der Waals surface area contributed by atoms with Gasteiger partial charge in [0.25, 0.3) is 0 Å². The van der Waals surface area contributed by atoms with Crippen LogP contribution < -0.4 is 5.73 Å². The predicted octanol–water partition coefficient (Wildman–Crippen LogP) is 3.06. The summed E-state index contributed by atoms with van der Waals surface area (Å²) < 4.78 is 26.2. The largest absolute Gasteiger partial charge is 0.330 e. The Morgan fingerprint density at radius 2 is 1.82 bits per heavy atom. The van der Waals surface area contributed by atoms with Crippen LogP contribution in [0.25, 0.3) is 0 Å². The lowest BCUT2D eigenvalue weighted by Gasteiger charge is -2.03. The lowest BCUT2D eigenvalue weighted by Crippen LogP contribution is -2.04. The van der Waals surface area contributed by atoms with Crippen LogP contribution in [0.1, 0.15) is 42.5 Å². The standard InChI is InChI=1S/C13H17F2NO/c14-11-7-5-6-10(13(11)15)12(17)8-3-1-2-4-9-16/h5-7H,1-4,8-9,16H2. The molecule has 0 aliphatic heterocycles. The zero-order valence-corrected chi connectivity index (χ0v) is 9.72. The third-order valence-corrected chi connectivity index (χ3v) is 2.61. The molecule has 0 heterocycles. The quantitative estimate of drug-likeness (QED) is 0.589. The maximum Gasteiger partial charge on any atom is 0.169 e. The fourth-order valence-electron chi connectivity index (χ4n) is 1.64. The van der Waals surface area contributed by atoms with Crippen molar-refractivity contribution >= 4 is 5.78 Å². The molecular formula is C13H17F2NO. The average Bonchev–Trinajstić information content (AvgIpc) is 2.32. The van der Waals surface area contributed by atoms with E-state index in [0.717, 1.165) is 25.3 Å². The molecule has 2 nitrogen and oxygen atoms in total. The highest BCUT2D eigenvalue weighted by molar-refractivity contribution is 5.96. The SMILES string of the molecule is NCCCCCCC(=O)c1cccc(F)c1F. The molecule has 0 aliphatic carbocycles. The normalized spacial score (nSPS) is 10.5. The number of ketones is 1. The molecule has 1 rings (SSSR count). The number of hydrogen-bond donors (Lipinski definition) is 1. The smallest absolute Gasteiger partial charge is 0.169 e. The number of carbonyl (C=O) groups excluding carboxylic acids is 1. The van der Waals surface area contributed by atoms with Gasteiger partial charge in [0.1, 0.15) is 0 Å². The zero-order chi connectivity index (χ0) is 12.7. The second-order valence-electron chi connectivity index (χ2n) is 3.98. The van der Waals surface area contributed by atoms with Crippen LogP contribution >= 0.6 is 0 Å². The molecule has 94 valence electrons. The van der Waals surface area contributed by atoms with E-state index >= 15 is 0 Å². The Kier molecular flexibility index (Phi) is 5.77. The summed E-state index contributed by atoms with van der Waals surface area (Å²) in [5.74, 6) is -2.35. The minimum Gasteiger partial charge on any atom is -0.330 e. The Labute approximate surface area is 99.8 Å². The van der Waals surface area contributed by atoms with E-state index in [1.165, 1.54) is 12.1 Å². The highest BCUT2D eigenvalue weighted by Gasteiger charge is 2.14. The summed E-state index contributed by atoms with van der Waals surface area (Å²) in [6.45, 7) is 0.645. The first-order valence-corrected chi connectivity index (χ1v) is 5.84. The van der Waals surface area contributed by atoms with Gasteiger partial charge in [-0.05, 0) is 31.5 Å². The minimum absolute atomic E-state index is 0.149. The van der Waals surface area contributed by atoms with Crippen molar-refractivity contribution in [3.63, 3.8) is 0 Å². The van der Waals surface area contributed by atoms with Gasteiger partial charge in [-0.1, -0.05) is 18.9 Å². The van der Waals surface area contributed by atoms with Crippen molar-refractivity contribution in [3.8, 4) is 0 Å². The van der Waals surface area contributed by atoms with Gasteiger partial charge in [0.2, 0.25) is 0 Å². The molecule has 0 radical (unpaired) electrons. The molecule has 0 bridgehead atoms. The molecule has 4 heteroatoms. The first-order valence-electron chi connectivity index (χ1n) is 5.84.